The van der Waals surface area contributed by atoms with Gasteiger partial charge in [-0.3, -0.25) is 9.78 Å². The van der Waals surface area contributed by atoms with Gasteiger partial charge < -0.3 is 0 Å². The molecule has 0 N–H and O–H groups in total. The molecule has 0 aliphatic carbocycles. The van der Waals surface area contributed by atoms with Gasteiger partial charge in [0.25, 0.3) is 0 Å². The monoisotopic (exact) mass is 188 g/mol. The zero-order valence-electron chi connectivity index (χ0n) is 8.53. The van der Waals surface area contributed by atoms with Crippen molar-refractivity contribution < 1.29 is 4.79 Å². The summed E-state index contributed by atoms with van der Waals surface area (Å²) in [5, 5.41) is 8.85. The van der Waals surface area contributed by atoms with E-state index in [9.17, 15) is 4.79 Å². The lowest BCUT2D eigenvalue weighted by molar-refractivity contribution is -0.117. The lowest BCUT2D eigenvalue weighted by Crippen LogP contribution is -2.08. The van der Waals surface area contributed by atoms with Crippen LogP contribution in [0.15, 0.2) is 12.3 Å². The Balaban J connectivity index is 3.19. The first kappa shape index (κ1) is 10.4. The Morgan fingerprint density at radius 1 is 1.57 bits per heavy atom. The van der Waals surface area contributed by atoms with E-state index >= 15 is 0 Å². The molecular formula is C11H12N2O. The van der Waals surface area contributed by atoms with E-state index in [0.29, 0.717) is 5.56 Å². The van der Waals surface area contributed by atoms with Gasteiger partial charge in [0.2, 0.25) is 0 Å². The molecule has 0 bridgehead atoms. The fourth-order valence-electron chi connectivity index (χ4n) is 1.39. The van der Waals surface area contributed by atoms with Gasteiger partial charge in [-0.1, -0.05) is 0 Å². The number of nitriles is 1. The van der Waals surface area contributed by atoms with Gasteiger partial charge in [0.1, 0.15) is 5.92 Å². The van der Waals surface area contributed by atoms with Gasteiger partial charge >= 0.3 is 0 Å². The molecule has 0 saturated carbocycles. The van der Waals surface area contributed by atoms with Gasteiger partial charge in [0, 0.05) is 11.9 Å². The number of Topliss-reactive ketones (excluding diaryl/α,β-unsaturated/α-hetero) is 1. The smallest absolute Gasteiger partial charge is 0.151 e. The molecule has 0 radical (unpaired) electrons. The van der Waals surface area contributed by atoms with E-state index in [4.69, 9.17) is 5.26 Å². The Morgan fingerprint density at radius 3 is 2.64 bits per heavy atom. The van der Waals surface area contributed by atoms with Crippen molar-refractivity contribution in [1.29, 1.82) is 5.26 Å². The fraction of sp³-hybridized carbons (Fsp3) is 0.364. The minimum atomic E-state index is -0.678. The predicted octanol–water partition coefficient (Wildman–Crippen LogP) is 1.89. The summed E-state index contributed by atoms with van der Waals surface area (Å²) in [6.45, 7) is 5.19. The van der Waals surface area contributed by atoms with Gasteiger partial charge in [-0.15, -0.1) is 0 Å². The number of pyridine rings is 1. The maximum Gasteiger partial charge on any atom is 0.151 e. The summed E-state index contributed by atoms with van der Waals surface area (Å²) in [4.78, 5) is 15.3. The SMILES string of the molecule is CC(=O)C(C#N)c1cnc(C)cc1C. The highest BCUT2D eigenvalue weighted by Gasteiger charge is 2.18. The van der Waals surface area contributed by atoms with Gasteiger partial charge in [0.05, 0.1) is 6.07 Å². The van der Waals surface area contributed by atoms with E-state index in [1.165, 1.54) is 6.92 Å². The lowest BCUT2D eigenvalue weighted by atomic mass is 9.94. The molecule has 1 aromatic heterocycles. The minimum Gasteiger partial charge on any atom is -0.298 e. The number of hydrogen-bond acceptors (Lipinski definition) is 3. The summed E-state index contributed by atoms with van der Waals surface area (Å²) < 4.78 is 0. The quantitative estimate of drug-likeness (QED) is 0.712. The van der Waals surface area contributed by atoms with E-state index < -0.39 is 5.92 Å². The minimum absolute atomic E-state index is 0.138. The van der Waals surface area contributed by atoms with Crippen LogP contribution in [0.3, 0.4) is 0 Å². The van der Waals surface area contributed by atoms with E-state index in [0.717, 1.165) is 11.3 Å². The maximum atomic E-state index is 11.2. The van der Waals surface area contributed by atoms with Gasteiger partial charge in [-0.05, 0) is 38.0 Å². The number of rotatable bonds is 2. The van der Waals surface area contributed by atoms with Crippen molar-refractivity contribution in [2.45, 2.75) is 26.7 Å². The van der Waals surface area contributed by atoms with Crippen LogP contribution in [-0.2, 0) is 4.79 Å². The van der Waals surface area contributed by atoms with E-state index in [2.05, 4.69) is 4.98 Å². The fourth-order valence-corrected chi connectivity index (χ4v) is 1.39. The van der Waals surface area contributed by atoms with Crippen molar-refractivity contribution in [1.82, 2.24) is 4.98 Å². The zero-order chi connectivity index (χ0) is 10.7. The molecule has 1 rings (SSSR count). The van der Waals surface area contributed by atoms with E-state index in [1.54, 1.807) is 6.20 Å². The second-order valence-electron chi connectivity index (χ2n) is 3.36. The van der Waals surface area contributed by atoms with E-state index in [-0.39, 0.29) is 5.78 Å². The summed E-state index contributed by atoms with van der Waals surface area (Å²) in [6.07, 6.45) is 1.61. The van der Waals surface area contributed by atoms with E-state index in [1.807, 2.05) is 26.0 Å². The largest absolute Gasteiger partial charge is 0.298 e. The molecule has 0 aliphatic heterocycles. The van der Waals surface area contributed by atoms with Crippen molar-refractivity contribution in [3.05, 3.63) is 29.1 Å². The Kier molecular flexibility index (Phi) is 2.98. The topological polar surface area (TPSA) is 53.8 Å². The van der Waals surface area contributed by atoms with Crippen LogP contribution in [0, 0.1) is 25.2 Å². The normalized spacial score (nSPS) is 11.9. The Hall–Kier alpha value is -1.69. The van der Waals surface area contributed by atoms with Crippen LogP contribution in [0.4, 0.5) is 0 Å². The molecule has 0 amide bonds. The van der Waals surface area contributed by atoms with Crippen molar-refractivity contribution in [3.63, 3.8) is 0 Å². The Labute approximate surface area is 83.4 Å². The highest BCUT2D eigenvalue weighted by Crippen LogP contribution is 2.19. The summed E-state index contributed by atoms with van der Waals surface area (Å²) in [5.41, 5.74) is 2.55. The number of aromatic nitrogens is 1. The van der Waals surface area contributed by atoms with Crippen molar-refractivity contribution in [3.8, 4) is 6.07 Å². The highest BCUT2D eigenvalue weighted by molar-refractivity contribution is 5.86. The molecule has 72 valence electrons. The molecule has 0 aromatic carbocycles. The lowest BCUT2D eigenvalue weighted by Gasteiger charge is -2.08. The number of hydrogen-bond donors (Lipinski definition) is 0. The number of aryl methyl sites for hydroxylation is 2. The van der Waals surface area contributed by atoms with Crippen LogP contribution in [0.5, 0.6) is 0 Å². The standard InChI is InChI=1S/C11H12N2O/c1-7-4-8(2)13-6-11(7)10(5-12)9(3)14/h4,6,10H,1-3H3. The molecule has 14 heavy (non-hydrogen) atoms. The summed E-state index contributed by atoms with van der Waals surface area (Å²) in [7, 11) is 0. The van der Waals surface area contributed by atoms with Crippen LogP contribution in [0.1, 0.15) is 29.7 Å². The molecule has 1 unspecified atom stereocenters. The second-order valence-corrected chi connectivity index (χ2v) is 3.36. The summed E-state index contributed by atoms with van der Waals surface area (Å²) >= 11 is 0. The second kappa shape index (κ2) is 4.01. The first-order valence-electron chi connectivity index (χ1n) is 4.39. The maximum absolute atomic E-state index is 11.2. The third-order valence-electron chi connectivity index (χ3n) is 2.13. The predicted molar refractivity (Wildman–Crippen MR) is 52.7 cm³/mol. The highest BCUT2D eigenvalue weighted by atomic mass is 16.1. The van der Waals surface area contributed by atoms with Crippen molar-refractivity contribution in [2.75, 3.05) is 0 Å². The third kappa shape index (κ3) is 1.97. The van der Waals surface area contributed by atoms with Gasteiger partial charge in [-0.25, -0.2) is 0 Å². The van der Waals surface area contributed by atoms with Crippen LogP contribution in [0.25, 0.3) is 0 Å². The van der Waals surface area contributed by atoms with Crippen LogP contribution >= 0.6 is 0 Å². The summed E-state index contributed by atoms with van der Waals surface area (Å²) in [5.74, 6) is -0.815. The Morgan fingerprint density at radius 2 is 2.21 bits per heavy atom. The molecule has 0 fully saturated rings. The molecule has 0 spiro atoms. The number of carbonyl (C=O) groups excluding carboxylic acids is 1. The molecule has 1 heterocycles. The van der Waals surface area contributed by atoms with Crippen LogP contribution < -0.4 is 0 Å². The molecule has 3 nitrogen and oxygen atoms in total. The number of ketones is 1. The first-order chi connectivity index (χ1) is 6.56. The molecular weight excluding hydrogens is 176 g/mol. The van der Waals surface area contributed by atoms with Crippen LogP contribution in [0.2, 0.25) is 0 Å². The van der Waals surface area contributed by atoms with Gasteiger partial charge in [-0.2, -0.15) is 5.26 Å². The van der Waals surface area contributed by atoms with Crippen molar-refractivity contribution >= 4 is 5.78 Å². The van der Waals surface area contributed by atoms with Crippen LogP contribution in [-0.4, -0.2) is 10.8 Å². The van der Waals surface area contributed by atoms with Crippen molar-refractivity contribution in [2.24, 2.45) is 0 Å². The molecule has 0 saturated heterocycles. The molecule has 0 aliphatic rings. The molecule has 3 heteroatoms. The Bertz CT molecular complexity index is 404. The number of carbonyl (C=O) groups is 1. The average Bonchev–Trinajstić information content (AvgIpc) is 2.09. The average molecular weight is 188 g/mol. The zero-order valence-corrected chi connectivity index (χ0v) is 8.53. The third-order valence-corrected chi connectivity index (χ3v) is 2.13. The molecule has 1 atom stereocenters. The number of nitrogens with zero attached hydrogens (tertiary/aromatic N) is 2. The first-order valence-corrected chi connectivity index (χ1v) is 4.39. The van der Waals surface area contributed by atoms with Gasteiger partial charge in [0.15, 0.2) is 5.78 Å². The summed E-state index contributed by atoms with van der Waals surface area (Å²) in [6, 6.07) is 3.87. The molecule has 1 aromatic rings.